The lowest BCUT2D eigenvalue weighted by Crippen LogP contribution is -1.95. The molecule has 5 aromatic rings. The van der Waals surface area contributed by atoms with Gasteiger partial charge in [-0.3, -0.25) is 9.55 Å². The highest BCUT2D eigenvalue weighted by molar-refractivity contribution is 6.33. The second-order valence-electron chi connectivity index (χ2n) is 6.11. The van der Waals surface area contributed by atoms with E-state index in [-0.39, 0.29) is 0 Å². The maximum atomic E-state index is 6.40. The molecule has 4 heteroatoms. The molecule has 5 rings (SSSR count). The standard InChI is InChI=1S/C22H14ClN3/c23-18-8-5-13-24-22(18)17-11-12-20(16-7-2-1-6-15(16)17)26-14-25-19-9-3-4-10-21(19)26/h1-14H. The number of imidazole rings is 1. The van der Waals surface area contributed by atoms with Gasteiger partial charge >= 0.3 is 0 Å². The van der Waals surface area contributed by atoms with Gasteiger partial charge in [0.05, 0.1) is 27.4 Å². The van der Waals surface area contributed by atoms with Crippen LogP contribution in [0.3, 0.4) is 0 Å². The van der Waals surface area contributed by atoms with E-state index in [1.165, 1.54) is 0 Å². The molecular weight excluding hydrogens is 342 g/mol. The van der Waals surface area contributed by atoms with Gasteiger partial charge < -0.3 is 0 Å². The molecule has 124 valence electrons. The maximum Gasteiger partial charge on any atom is 0.100 e. The van der Waals surface area contributed by atoms with Crippen LogP contribution in [-0.2, 0) is 0 Å². The Balaban J connectivity index is 1.82. The van der Waals surface area contributed by atoms with Crippen LogP contribution < -0.4 is 0 Å². The highest BCUT2D eigenvalue weighted by atomic mass is 35.5. The van der Waals surface area contributed by atoms with E-state index in [1.54, 1.807) is 6.20 Å². The molecule has 0 atom stereocenters. The van der Waals surface area contributed by atoms with E-state index in [0.29, 0.717) is 5.02 Å². The second kappa shape index (κ2) is 5.97. The summed E-state index contributed by atoms with van der Waals surface area (Å²) in [5, 5.41) is 2.90. The van der Waals surface area contributed by atoms with Crippen molar-refractivity contribution in [3.05, 3.63) is 90.3 Å². The summed E-state index contributed by atoms with van der Waals surface area (Å²) in [4.78, 5) is 9.02. The summed E-state index contributed by atoms with van der Waals surface area (Å²) in [6, 6.07) is 24.4. The van der Waals surface area contributed by atoms with Crippen molar-refractivity contribution in [1.29, 1.82) is 0 Å². The number of fused-ring (bicyclic) bond motifs is 2. The summed E-state index contributed by atoms with van der Waals surface area (Å²) < 4.78 is 2.13. The monoisotopic (exact) mass is 355 g/mol. The van der Waals surface area contributed by atoms with Gasteiger partial charge in [0.2, 0.25) is 0 Å². The Labute approximate surface area is 155 Å². The van der Waals surface area contributed by atoms with E-state index in [4.69, 9.17) is 11.6 Å². The Bertz CT molecular complexity index is 1260. The predicted octanol–water partition coefficient (Wildman–Crippen LogP) is 5.89. The number of aromatic nitrogens is 3. The zero-order chi connectivity index (χ0) is 17.5. The van der Waals surface area contributed by atoms with Crippen molar-refractivity contribution >= 4 is 33.4 Å². The molecule has 0 unspecified atom stereocenters. The zero-order valence-electron chi connectivity index (χ0n) is 13.8. The first kappa shape index (κ1) is 15.1. The topological polar surface area (TPSA) is 30.7 Å². The number of hydrogen-bond acceptors (Lipinski definition) is 2. The van der Waals surface area contributed by atoms with Crippen LogP contribution in [0.15, 0.2) is 85.3 Å². The van der Waals surface area contributed by atoms with Gasteiger partial charge in [-0.15, -0.1) is 0 Å². The van der Waals surface area contributed by atoms with Crippen LogP contribution in [0, 0.1) is 0 Å². The van der Waals surface area contributed by atoms with E-state index >= 15 is 0 Å². The molecule has 0 spiro atoms. The van der Waals surface area contributed by atoms with Crippen molar-refractivity contribution < 1.29 is 0 Å². The summed E-state index contributed by atoms with van der Waals surface area (Å²) in [7, 11) is 0. The molecule has 0 saturated heterocycles. The number of hydrogen-bond donors (Lipinski definition) is 0. The van der Waals surface area contributed by atoms with Crippen LogP contribution >= 0.6 is 11.6 Å². The summed E-state index contributed by atoms with van der Waals surface area (Å²) in [6.07, 6.45) is 3.65. The predicted molar refractivity (Wildman–Crippen MR) is 107 cm³/mol. The highest BCUT2D eigenvalue weighted by Gasteiger charge is 2.13. The fraction of sp³-hybridized carbons (Fsp3) is 0. The minimum Gasteiger partial charge on any atom is -0.298 e. The number of para-hydroxylation sites is 2. The minimum absolute atomic E-state index is 0.651. The molecule has 3 nitrogen and oxygen atoms in total. The molecule has 2 aromatic heterocycles. The van der Waals surface area contributed by atoms with Crippen LogP contribution in [0.5, 0.6) is 0 Å². The molecule has 0 amide bonds. The van der Waals surface area contributed by atoms with Crippen LogP contribution in [0.2, 0.25) is 5.02 Å². The van der Waals surface area contributed by atoms with E-state index in [1.807, 2.05) is 42.7 Å². The fourth-order valence-corrected chi connectivity index (χ4v) is 3.66. The van der Waals surface area contributed by atoms with Crippen LogP contribution in [0.1, 0.15) is 0 Å². The Morgan fingerprint density at radius 1 is 0.731 bits per heavy atom. The third-order valence-corrected chi connectivity index (χ3v) is 4.93. The highest BCUT2D eigenvalue weighted by Crippen LogP contribution is 2.35. The van der Waals surface area contributed by atoms with E-state index < -0.39 is 0 Å². The second-order valence-corrected chi connectivity index (χ2v) is 6.52. The van der Waals surface area contributed by atoms with Gasteiger partial charge in [0, 0.05) is 17.1 Å². The summed E-state index contributed by atoms with van der Waals surface area (Å²) >= 11 is 6.40. The molecule has 0 bridgehead atoms. The van der Waals surface area contributed by atoms with Crippen molar-refractivity contribution in [2.75, 3.05) is 0 Å². The number of benzene rings is 3. The minimum atomic E-state index is 0.651. The van der Waals surface area contributed by atoms with Crippen LogP contribution in [-0.4, -0.2) is 14.5 Å². The average Bonchev–Trinajstić information content (AvgIpc) is 3.12. The number of rotatable bonds is 2. The average molecular weight is 356 g/mol. The summed E-state index contributed by atoms with van der Waals surface area (Å²) in [5.41, 5.74) is 4.98. The van der Waals surface area contributed by atoms with Gasteiger partial charge in [-0.1, -0.05) is 54.1 Å². The van der Waals surface area contributed by atoms with Crippen molar-refractivity contribution in [1.82, 2.24) is 14.5 Å². The molecule has 2 heterocycles. The number of pyridine rings is 1. The van der Waals surface area contributed by atoms with Crippen molar-refractivity contribution in [3.8, 4) is 16.9 Å². The van der Waals surface area contributed by atoms with Gasteiger partial charge in [0.15, 0.2) is 0 Å². The molecule has 3 aromatic carbocycles. The van der Waals surface area contributed by atoms with Crippen molar-refractivity contribution in [3.63, 3.8) is 0 Å². The smallest absolute Gasteiger partial charge is 0.100 e. The third kappa shape index (κ3) is 2.29. The Morgan fingerprint density at radius 2 is 1.54 bits per heavy atom. The molecule has 0 aliphatic rings. The first-order valence-electron chi connectivity index (χ1n) is 8.38. The first-order valence-corrected chi connectivity index (χ1v) is 8.76. The van der Waals surface area contributed by atoms with Gasteiger partial charge in [-0.25, -0.2) is 4.98 Å². The molecular formula is C22H14ClN3. The molecule has 26 heavy (non-hydrogen) atoms. The Kier molecular flexibility index (Phi) is 3.47. The quantitative estimate of drug-likeness (QED) is 0.395. The largest absolute Gasteiger partial charge is 0.298 e. The molecule has 0 fully saturated rings. The van der Waals surface area contributed by atoms with Crippen LogP contribution in [0.4, 0.5) is 0 Å². The molecule has 0 N–H and O–H groups in total. The Morgan fingerprint density at radius 3 is 2.42 bits per heavy atom. The van der Waals surface area contributed by atoms with E-state index in [0.717, 1.165) is 38.8 Å². The van der Waals surface area contributed by atoms with Crippen LogP contribution in [0.25, 0.3) is 38.8 Å². The van der Waals surface area contributed by atoms with Crippen molar-refractivity contribution in [2.24, 2.45) is 0 Å². The molecule has 0 radical (unpaired) electrons. The molecule has 0 saturated carbocycles. The first-order chi connectivity index (χ1) is 12.8. The lowest BCUT2D eigenvalue weighted by molar-refractivity contribution is 1.10. The van der Waals surface area contributed by atoms with Gasteiger partial charge in [0.1, 0.15) is 6.33 Å². The number of nitrogens with zero attached hydrogens (tertiary/aromatic N) is 3. The maximum absolute atomic E-state index is 6.40. The molecule has 0 aliphatic heterocycles. The molecule has 0 aliphatic carbocycles. The summed E-state index contributed by atoms with van der Waals surface area (Å²) in [5.74, 6) is 0. The Hall–Kier alpha value is -3.17. The van der Waals surface area contributed by atoms with Gasteiger partial charge in [-0.05, 0) is 35.7 Å². The van der Waals surface area contributed by atoms with Gasteiger partial charge in [0.25, 0.3) is 0 Å². The van der Waals surface area contributed by atoms with E-state index in [2.05, 4.69) is 50.9 Å². The SMILES string of the molecule is Clc1cccnc1-c1ccc(-n2cnc3ccccc32)c2ccccc12. The third-order valence-electron chi connectivity index (χ3n) is 4.63. The summed E-state index contributed by atoms with van der Waals surface area (Å²) in [6.45, 7) is 0. The lowest BCUT2D eigenvalue weighted by atomic mass is 10.00. The normalized spacial score (nSPS) is 11.3. The zero-order valence-corrected chi connectivity index (χ0v) is 14.6. The van der Waals surface area contributed by atoms with Crippen molar-refractivity contribution in [2.45, 2.75) is 0 Å². The lowest BCUT2D eigenvalue weighted by Gasteiger charge is -2.13. The number of halogens is 1. The fourth-order valence-electron chi connectivity index (χ4n) is 3.43. The van der Waals surface area contributed by atoms with Gasteiger partial charge in [-0.2, -0.15) is 0 Å². The van der Waals surface area contributed by atoms with E-state index in [9.17, 15) is 0 Å².